The molecule has 11 atom stereocenters. The summed E-state index contributed by atoms with van der Waals surface area (Å²) < 4.78 is 0. The number of guanidine groups is 2. The number of primary amides is 1. The Hall–Kier alpha value is -9.49. The van der Waals surface area contributed by atoms with Gasteiger partial charge in [-0.05, 0) is 133 Å². The summed E-state index contributed by atoms with van der Waals surface area (Å²) in [5.41, 5.74) is 39.4. The second kappa shape index (κ2) is 42.8. The summed E-state index contributed by atoms with van der Waals surface area (Å²) in [7, 11) is 0. The average molecular weight is 1370 g/mol. The lowest BCUT2D eigenvalue weighted by molar-refractivity contribution is -0.143. The number of hydrogen-bond acceptors (Lipinski definition) is 20. The van der Waals surface area contributed by atoms with E-state index in [1.54, 1.807) is 13.8 Å². The van der Waals surface area contributed by atoms with Crippen LogP contribution < -0.4 is 93.3 Å². The summed E-state index contributed by atoms with van der Waals surface area (Å²) >= 11 is 0. The van der Waals surface area contributed by atoms with Crippen molar-refractivity contribution in [2.45, 2.75) is 196 Å². The number of phenolic OH excluding ortho intramolecular Hbond substituents is 1. The van der Waals surface area contributed by atoms with Crippen molar-refractivity contribution in [2.75, 3.05) is 45.9 Å². The van der Waals surface area contributed by atoms with Gasteiger partial charge in [0.2, 0.25) is 70.9 Å². The molecule has 542 valence electrons. The van der Waals surface area contributed by atoms with Gasteiger partial charge in [0.15, 0.2) is 11.9 Å². The third kappa shape index (κ3) is 29.6. The minimum Gasteiger partial charge on any atom is -0.508 e. The summed E-state index contributed by atoms with van der Waals surface area (Å²) in [5.74, 6) is -12.9. The number of likely N-dealkylation sites (tertiary alicyclic amines) is 1. The molecule has 0 aromatic heterocycles. The quantitative estimate of drug-likeness (QED) is 0.0164. The third-order valence-electron chi connectivity index (χ3n) is 15.7. The molecule has 0 spiro atoms. The smallest absolute Gasteiger partial charge is 0.326 e. The number of unbranched alkanes of at least 4 members (excludes halogenated alkanes) is 2. The van der Waals surface area contributed by atoms with Crippen LogP contribution in [0.2, 0.25) is 0 Å². The van der Waals surface area contributed by atoms with Gasteiger partial charge in [0.1, 0.15) is 72.2 Å². The Morgan fingerprint density at radius 3 is 1.43 bits per heavy atom. The summed E-state index contributed by atoms with van der Waals surface area (Å²) in [6.45, 7) is 1.67. The Bertz CT molecular complexity index is 2890. The number of amides is 12. The Morgan fingerprint density at radius 1 is 0.546 bits per heavy atom. The monoisotopic (exact) mass is 1370 g/mol. The topological polar surface area (TPSA) is 633 Å². The fraction of sp³-hybridized carbons (Fsp3) is 0.650. The van der Waals surface area contributed by atoms with Gasteiger partial charge in [-0.2, -0.15) is 0 Å². The Kier molecular flexibility index (Phi) is 36.1. The molecule has 1 aromatic rings. The zero-order valence-electron chi connectivity index (χ0n) is 54.9. The van der Waals surface area contributed by atoms with Crippen LogP contribution in [-0.4, -0.2) is 226 Å². The Labute approximate surface area is 561 Å². The highest BCUT2D eigenvalue weighted by Gasteiger charge is 2.41. The van der Waals surface area contributed by atoms with Crippen LogP contribution in [0.1, 0.15) is 129 Å². The molecule has 2 saturated heterocycles. The maximum Gasteiger partial charge on any atom is 0.326 e. The number of nitrogens with zero attached hydrogens (tertiary/aromatic N) is 3. The second-order valence-electron chi connectivity index (χ2n) is 24.1. The molecule has 37 heteroatoms. The van der Waals surface area contributed by atoms with Gasteiger partial charge in [0, 0.05) is 38.9 Å². The van der Waals surface area contributed by atoms with Crippen molar-refractivity contribution in [1.82, 2.24) is 58.1 Å². The lowest BCUT2D eigenvalue weighted by atomic mass is 10.0. The van der Waals surface area contributed by atoms with Gasteiger partial charge in [-0.1, -0.05) is 26.0 Å². The first kappa shape index (κ1) is 81.7. The van der Waals surface area contributed by atoms with Crippen molar-refractivity contribution in [2.24, 2.45) is 56.0 Å². The summed E-state index contributed by atoms with van der Waals surface area (Å²) in [5, 5.41) is 65.8. The molecule has 37 nitrogen and oxygen atoms in total. The van der Waals surface area contributed by atoms with Crippen LogP contribution in [-0.2, 0) is 68.7 Å². The van der Waals surface area contributed by atoms with E-state index in [9.17, 15) is 82.8 Å². The van der Waals surface area contributed by atoms with Crippen LogP contribution in [0.3, 0.4) is 0 Å². The zero-order chi connectivity index (χ0) is 72.3. The van der Waals surface area contributed by atoms with Gasteiger partial charge < -0.3 is 119 Å². The van der Waals surface area contributed by atoms with E-state index in [0.29, 0.717) is 24.8 Å². The average Bonchev–Trinajstić information content (AvgIpc) is 1.78. The van der Waals surface area contributed by atoms with Gasteiger partial charge in [-0.15, -0.1) is 0 Å². The number of aliphatic carboxylic acids is 1. The molecule has 97 heavy (non-hydrogen) atoms. The number of rotatable bonds is 45. The van der Waals surface area contributed by atoms with Crippen molar-refractivity contribution >= 4 is 88.8 Å². The highest BCUT2D eigenvalue weighted by molar-refractivity contribution is 6.00. The maximum absolute atomic E-state index is 14.5. The van der Waals surface area contributed by atoms with Gasteiger partial charge in [0.05, 0.1) is 13.2 Å². The first-order chi connectivity index (χ1) is 46.0. The molecule has 2 fully saturated rings. The number of aliphatic hydroxyl groups is 2. The number of carbonyl (C=O) groups excluding carboxylic acids is 12. The molecule has 2 aliphatic rings. The van der Waals surface area contributed by atoms with Crippen LogP contribution in [0.25, 0.3) is 0 Å². The van der Waals surface area contributed by atoms with Crippen molar-refractivity contribution in [3.63, 3.8) is 0 Å². The van der Waals surface area contributed by atoms with Gasteiger partial charge in [0.25, 0.3) is 0 Å². The van der Waals surface area contributed by atoms with Crippen LogP contribution in [0.15, 0.2) is 34.3 Å². The third-order valence-corrected chi connectivity index (χ3v) is 15.7. The number of aliphatic hydroxyl groups excluding tert-OH is 2. The van der Waals surface area contributed by atoms with Gasteiger partial charge in [-0.25, -0.2) is 4.79 Å². The number of carbonyl (C=O) groups is 13. The van der Waals surface area contributed by atoms with E-state index in [-0.39, 0.29) is 146 Å². The molecule has 2 aliphatic heterocycles. The normalized spacial score (nSPS) is 16.9. The Morgan fingerprint density at radius 2 is 0.969 bits per heavy atom. The van der Waals surface area contributed by atoms with E-state index in [1.807, 2.05) is 0 Å². The number of benzene rings is 1. The van der Waals surface area contributed by atoms with Crippen LogP contribution in [0, 0.1) is 5.92 Å². The van der Waals surface area contributed by atoms with Gasteiger partial charge >= 0.3 is 5.97 Å². The lowest BCUT2D eigenvalue weighted by Crippen LogP contribution is -2.61. The second-order valence-corrected chi connectivity index (χ2v) is 24.1. The number of aliphatic imine (C=N–C) groups is 2. The number of hydrogen-bond donors (Lipinski definition) is 21. The highest BCUT2D eigenvalue weighted by atomic mass is 16.4. The lowest BCUT2D eigenvalue weighted by Gasteiger charge is -2.31. The summed E-state index contributed by atoms with van der Waals surface area (Å²) in [6.07, 6.45) is 0.618. The number of aromatic hydroxyl groups is 1. The Balaban J connectivity index is 1.88. The van der Waals surface area contributed by atoms with Crippen molar-refractivity contribution in [3.05, 3.63) is 29.8 Å². The van der Waals surface area contributed by atoms with E-state index in [1.165, 1.54) is 29.2 Å². The minimum absolute atomic E-state index is 0.0125. The molecule has 0 radical (unpaired) electrons. The molecule has 0 bridgehead atoms. The fourth-order valence-corrected chi connectivity index (χ4v) is 10.5. The molecule has 28 N–H and O–H groups in total. The summed E-state index contributed by atoms with van der Waals surface area (Å²) in [4.78, 5) is 186. The SMILES string of the molecule is CC(C)C[C@H](NC(=O)[C@H](Cc1ccc(O)cc1)NC(=O)[C@H](CCCCN)NC(=O)[C@H](CO)NC(=O)[C@H](CCCN=C(N)N)NC(=O)[C@H](CCC(N)=O)NC(=O)[C@H](CO)NC(=O)[C@@H]1CCCN1C(=O)[C@H](CCCN=C(N)N)NC(=O)[C@H](CCCCN)NC(=O)[C@@H]1CCC(=O)N1)C(=O)O. The highest BCUT2D eigenvalue weighted by Crippen LogP contribution is 2.21. The first-order valence-electron chi connectivity index (χ1n) is 32.4. The van der Waals surface area contributed by atoms with E-state index < -0.39 is 163 Å². The van der Waals surface area contributed by atoms with Crippen molar-refractivity contribution in [1.29, 1.82) is 0 Å². The first-order valence-corrected chi connectivity index (χ1v) is 32.4. The predicted molar refractivity (Wildman–Crippen MR) is 350 cm³/mol. The van der Waals surface area contributed by atoms with Crippen molar-refractivity contribution < 1.29 is 82.8 Å². The predicted octanol–water partition coefficient (Wildman–Crippen LogP) is -7.69. The molecular formula is C60H100N20O17. The van der Waals surface area contributed by atoms with Crippen LogP contribution >= 0.6 is 0 Å². The van der Waals surface area contributed by atoms with Crippen molar-refractivity contribution in [3.8, 4) is 5.75 Å². The number of nitrogens with two attached hydrogens (primary N) is 7. The van der Waals surface area contributed by atoms with E-state index in [0.717, 1.165) is 0 Å². The molecule has 0 aliphatic carbocycles. The molecular weight excluding hydrogens is 1270 g/mol. The zero-order valence-corrected chi connectivity index (χ0v) is 54.9. The number of phenols is 1. The summed E-state index contributed by atoms with van der Waals surface area (Å²) in [6, 6.07) is -10.4. The number of carboxylic acids is 1. The molecule has 0 saturated carbocycles. The van der Waals surface area contributed by atoms with E-state index in [4.69, 9.17) is 40.1 Å². The number of nitrogens with one attached hydrogen (secondary N) is 10. The van der Waals surface area contributed by atoms with Crippen LogP contribution in [0.5, 0.6) is 5.75 Å². The fourth-order valence-electron chi connectivity index (χ4n) is 10.5. The largest absolute Gasteiger partial charge is 0.508 e. The van der Waals surface area contributed by atoms with E-state index >= 15 is 0 Å². The molecule has 1 aromatic carbocycles. The maximum atomic E-state index is 14.5. The van der Waals surface area contributed by atoms with Gasteiger partial charge in [-0.3, -0.25) is 67.5 Å². The molecule has 12 amide bonds. The van der Waals surface area contributed by atoms with E-state index in [2.05, 4.69) is 63.2 Å². The molecule has 0 unspecified atom stereocenters. The minimum atomic E-state index is -1.85. The van der Waals surface area contributed by atoms with Crippen LogP contribution in [0.4, 0.5) is 0 Å². The molecule has 2 heterocycles. The standard InChI is InChI=1S/C60H100N20O17/c1-32(2)28-42(58(96)97)77-53(91)41(29-33-15-17-34(83)18-16-33)76-49(87)36(11-4-6-24-62)73-54(92)43(30-81)78-50(88)37(12-7-25-68-59(64)65)72-52(90)39(19-21-46(63)84)74-55(93)44(31-82)79-56(94)45-14-9-27-80(45)57(95)40(13-8-26-69-60(66)67)75-48(86)35(10-3-5-23-61)71-51(89)38-20-22-47(85)70-38/h15-18,32,35-45,81-83H,3-14,19-31,61-62H2,1-2H3,(H2,63,84)(H,70,85)(H,71,89)(H,72,90)(H,73,92)(H,74,93)(H,75,86)(H,76,87)(H,77,91)(H,78,88)(H,79,94)(H,96,97)(H4,64,65,68)(H4,66,67,69)/t35-,36-,37-,38-,39-,40-,41-,42-,43-,44-,45-/m0/s1. The molecule has 3 rings (SSSR count). The number of carboxylic acid groups (broad SMARTS) is 1.